The molecule has 0 unspecified atom stereocenters. The quantitative estimate of drug-likeness (QED) is 0.576. The molecule has 2 aliphatic carbocycles. The molecule has 2 fully saturated rings. The van der Waals surface area contributed by atoms with E-state index in [4.69, 9.17) is 4.52 Å². The van der Waals surface area contributed by atoms with Crippen LogP contribution in [0, 0.1) is 6.92 Å². The van der Waals surface area contributed by atoms with E-state index in [1.165, 1.54) is 38.5 Å². The number of carbonyl (C=O) groups excluding carboxylic acids is 1. The van der Waals surface area contributed by atoms with Gasteiger partial charge in [-0.25, -0.2) is 4.98 Å². The number of halogens is 1. The van der Waals surface area contributed by atoms with Crippen molar-refractivity contribution in [1.29, 1.82) is 0 Å². The number of fused-ring (bicyclic) bond motifs is 1. The van der Waals surface area contributed by atoms with Crippen LogP contribution in [-0.2, 0) is 0 Å². The first-order valence-electron chi connectivity index (χ1n) is 10.0. The second-order valence-electron chi connectivity index (χ2n) is 7.72. The number of aromatic nitrogens is 2. The van der Waals surface area contributed by atoms with E-state index in [9.17, 15) is 4.79 Å². The monoisotopic (exact) mass is 392 g/mol. The van der Waals surface area contributed by atoms with Crippen LogP contribution >= 0.6 is 12.4 Å². The van der Waals surface area contributed by atoms with E-state index in [1.807, 2.05) is 13.0 Å². The maximum absolute atomic E-state index is 12.8. The van der Waals surface area contributed by atoms with E-state index in [-0.39, 0.29) is 18.3 Å². The highest BCUT2D eigenvalue weighted by molar-refractivity contribution is 6.06. The van der Waals surface area contributed by atoms with Gasteiger partial charge in [-0.1, -0.05) is 30.8 Å². The average molecular weight is 393 g/mol. The van der Waals surface area contributed by atoms with Crippen molar-refractivity contribution in [1.82, 2.24) is 20.8 Å². The van der Waals surface area contributed by atoms with Gasteiger partial charge in [0.2, 0.25) is 0 Å². The third-order valence-electron chi connectivity index (χ3n) is 5.58. The topological polar surface area (TPSA) is 80.0 Å². The zero-order chi connectivity index (χ0) is 17.9. The SMILES string of the molecule is Cc1noc2nc(C3CC3)cc(C(=O)NCCNC3CCCCCC3)c12.Cl. The van der Waals surface area contributed by atoms with Crippen molar-refractivity contribution in [2.45, 2.75) is 70.3 Å². The molecule has 2 heterocycles. The first-order valence-corrected chi connectivity index (χ1v) is 10.0. The smallest absolute Gasteiger partial charge is 0.259 e. The summed E-state index contributed by atoms with van der Waals surface area (Å²) in [5, 5.41) is 11.4. The number of hydrogen-bond donors (Lipinski definition) is 2. The Morgan fingerprint density at radius 1 is 1.15 bits per heavy atom. The third-order valence-corrected chi connectivity index (χ3v) is 5.58. The average Bonchev–Trinajstić information content (AvgIpc) is 3.46. The predicted molar refractivity (Wildman–Crippen MR) is 108 cm³/mol. The van der Waals surface area contributed by atoms with Crippen LogP contribution in [0.4, 0.5) is 0 Å². The molecule has 6 nitrogen and oxygen atoms in total. The molecule has 0 aromatic carbocycles. The van der Waals surface area contributed by atoms with E-state index >= 15 is 0 Å². The number of carbonyl (C=O) groups is 1. The zero-order valence-corrected chi connectivity index (χ0v) is 16.7. The van der Waals surface area contributed by atoms with E-state index < -0.39 is 0 Å². The number of pyridine rings is 1. The molecule has 0 saturated heterocycles. The van der Waals surface area contributed by atoms with Crippen molar-refractivity contribution in [2.24, 2.45) is 0 Å². The van der Waals surface area contributed by atoms with Crippen molar-refractivity contribution in [2.75, 3.05) is 13.1 Å². The number of amides is 1. The van der Waals surface area contributed by atoms with Gasteiger partial charge in [0.1, 0.15) is 0 Å². The largest absolute Gasteiger partial charge is 0.351 e. The molecule has 2 N–H and O–H groups in total. The van der Waals surface area contributed by atoms with Gasteiger partial charge in [-0.2, -0.15) is 0 Å². The number of rotatable bonds is 6. The Morgan fingerprint density at radius 2 is 1.89 bits per heavy atom. The van der Waals surface area contributed by atoms with E-state index in [0.717, 1.165) is 36.2 Å². The predicted octanol–water partition coefficient (Wildman–Crippen LogP) is 3.87. The molecule has 2 aliphatic rings. The Kier molecular flexibility index (Phi) is 6.71. The van der Waals surface area contributed by atoms with Crippen molar-refractivity contribution >= 4 is 29.4 Å². The van der Waals surface area contributed by atoms with Gasteiger partial charge in [0.15, 0.2) is 0 Å². The van der Waals surface area contributed by atoms with Gasteiger partial charge in [0.25, 0.3) is 11.6 Å². The molecule has 7 heteroatoms. The van der Waals surface area contributed by atoms with Crippen LogP contribution in [0.3, 0.4) is 0 Å². The number of aryl methyl sites for hydroxylation is 1. The van der Waals surface area contributed by atoms with Crippen LogP contribution < -0.4 is 10.6 Å². The molecule has 0 spiro atoms. The Bertz CT molecular complexity index is 780. The summed E-state index contributed by atoms with van der Waals surface area (Å²) in [5.41, 5.74) is 2.80. The summed E-state index contributed by atoms with van der Waals surface area (Å²) in [5.74, 6) is 0.404. The lowest BCUT2D eigenvalue weighted by Crippen LogP contribution is -2.37. The molecule has 0 atom stereocenters. The van der Waals surface area contributed by atoms with Gasteiger partial charge < -0.3 is 15.2 Å². The molecule has 0 radical (unpaired) electrons. The second-order valence-corrected chi connectivity index (χ2v) is 7.72. The first-order chi connectivity index (χ1) is 12.7. The minimum absolute atomic E-state index is 0. The summed E-state index contributed by atoms with van der Waals surface area (Å²) < 4.78 is 5.32. The summed E-state index contributed by atoms with van der Waals surface area (Å²) in [6, 6.07) is 2.53. The molecule has 0 bridgehead atoms. The lowest BCUT2D eigenvalue weighted by atomic mass is 10.1. The molecule has 0 aliphatic heterocycles. The summed E-state index contributed by atoms with van der Waals surface area (Å²) in [7, 11) is 0. The van der Waals surface area contributed by atoms with Crippen LogP contribution in [0.2, 0.25) is 0 Å². The summed E-state index contributed by atoms with van der Waals surface area (Å²) in [6.07, 6.45) is 10.1. The molecule has 1 amide bonds. The fourth-order valence-corrected chi connectivity index (χ4v) is 3.91. The fraction of sp³-hybridized carbons (Fsp3) is 0.650. The van der Waals surface area contributed by atoms with Crippen molar-refractivity contribution in [3.8, 4) is 0 Å². The van der Waals surface area contributed by atoms with Gasteiger partial charge >= 0.3 is 0 Å². The van der Waals surface area contributed by atoms with E-state index in [2.05, 4.69) is 20.8 Å². The van der Waals surface area contributed by atoms with Crippen molar-refractivity contribution < 1.29 is 9.32 Å². The lowest BCUT2D eigenvalue weighted by molar-refractivity contribution is 0.0955. The van der Waals surface area contributed by atoms with Gasteiger partial charge in [0, 0.05) is 30.7 Å². The third kappa shape index (κ3) is 4.79. The molecule has 2 saturated carbocycles. The summed E-state index contributed by atoms with van der Waals surface area (Å²) in [6.45, 7) is 3.29. The van der Waals surface area contributed by atoms with Crippen molar-refractivity contribution in [3.63, 3.8) is 0 Å². The molecule has 148 valence electrons. The Hall–Kier alpha value is -1.66. The van der Waals surface area contributed by atoms with Gasteiger partial charge in [-0.3, -0.25) is 4.79 Å². The minimum atomic E-state index is -0.0618. The lowest BCUT2D eigenvalue weighted by Gasteiger charge is -2.16. The maximum atomic E-state index is 12.8. The van der Waals surface area contributed by atoms with Gasteiger partial charge in [-0.05, 0) is 38.7 Å². The zero-order valence-electron chi connectivity index (χ0n) is 15.9. The van der Waals surface area contributed by atoms with Crippen molar-refractivity contribution in [3.05, 3.63) is 23.0 Å². The van der Waals surface area contributed by atoms with Crippen LogP contribution in [-0.4, -0.2) is 35.2 Å². The Morgan fingerprint density at radius 3 is 2.59 bits per heavy atom. The molecular formula is C20H29ClN4O2. The standard InChI is InChI=1S/C20H28N4O2.ClH/c1-13-18-16(12-17(14-8-9-14)23-20(18)26-24-13)19(25)22-11-10-21-15-6-4-2-3-5-7-15;/h12,14-15,21H,2-11H2,1H3,(H,22,25);1H. The molecular weight excluding hydrogens is 364 g/mol. The molecule has 4 rings (SSSR count). The Labute approximate surface area is 166 Å². The molecule has 2 aromatic rings. The molecule has 2 aromatic heterocycles. The van der Waals surface area contributed by atoms with Crippen LogP contribution in [0.25, 0.3) is 11.1 Å². The highest BCUT2D eigenvalue weighted by atomic mass is 35.5. The second kappa shape index (κ2) is 9.02. The number of hydrogen-bond acceptors (Lipinski definition) is 5. The van der Waals surface area contributed by atoms with Crippen LogP contribution in [0.1, 0.15) is 79.0 Å². The van der Waals surface area contributed by atoms with E-state index in [1.54, 1.807) is 0 Å². The van der Waals surface area contributed by atoms with Crippen LogP contribution in [0.15, 0.2) is 10.6 Å². The first kappa shape index (κ1) is 20.1. The highest BCUT2D eigenvalue weighted by Crippen LogP contribution is 2.40. The van der Waals surface area contributed by atoms with Gasteiger partial charge in [-0.15, -0.1) is 12.4 Å². The maximum Gasteiger partial charge on any atom is 0.259 e. The highest BCUT2D eigenvalue weighted by Gasteiger charge is 2.28. The minimum Gasteiger partial charge on any atom is -0.351 e. The Balaban J connectivity index is 0.00000210. The summed E-state index contributed by atoms with van der Waals surface area (Å²) in [4.78, 5) is 17.3. The van der Waals surface area contributed by atoms with Gasteiger partial charge in [0.05, 0.1) is 16.6 Å². The summed E-state index contributed by atoms with van der Waals surface area (Å²) >= 11 is 0. The van der Waals surface area contributed by atoms with E-state index in [0.29, 0.717) is 29.8 Å². The van der Waals surface area contributed by atoms with Crippen LogP contribution in [0.5, 0.6) is 0 Å². The number of nitrogens with zero attached hydrogens (tertiary/aromatic N) is 2. The molecule has 27 heavy (non-hydrogen) atoms. The normalized spacial score (nSPS) is 18.1. The number of nitrogens with one attached hydrogen (secondary N) is 2. The fourth-order valence-electron chi connectivity index (χ4n) is 3.91.